The van der Waals surface area contributed by atoms with Gasteiger partial charge in [-0.1, -0.05) is 182 Å². The van der Waals surface area contributed by atoms with Gasteiger partial charge in [0.15, 0.2) is 5.82 Å². The van der Waals surface area contributed by atoms with Crippen LogP contribution in [0.5, 0.6) is 0 Å². The van der Waals surface area contributed by atoms with E-state index in [1.807, 2.05) is 0 Å². The highest BCUT2D eigenvalue weighted by Gasteiger charge is 2.47. The Morgan fingerprint density at radius 1 is 0.367 bits per heavy atom. The predicted molar refractivity (Wildman–Crippen MR) is 247 cm³/mol. The average molecular weight is 764 g/mol. The molecule has 9 aromatic carbocycles. The average Bonchev–Trinajstić information content (AvgIpc) is 3.82. The number of hydrogen-bond acceptors (Lipinski definition) is 2. The summed E-state index contributed by atoms with van der Waals surface area (Å²) in [5.41, 5.74) is 16.5. The van der Waals surface area contributed by atoms with Crippen LogP contribution in [0.4, 0.5) is 0 Å². The summed E-state index contributed by atoms with van der Waals surface area (Å²) in [7, 11) is 0. The van der Waals surface area contributed by atoms with Crippen molar-refractivity contribution in [2.45, 2.75) is 5.41 Å². The number of nitrogens with zero attached hydrogens (tertiary/aromatic N) is 3. The molecule has 0 bridgehead atoms. The second-order valence-corrected chi connectivity index (χ2v) is 15.7. The number of hydrogen-bond donors (Lipinski definition) is 0. The van der Waals surface area contributed by atoms with Crippen LogP contribution in [-0.2, 0) is 5.41 Å². The van der Waals surface area contributed by atoms with Crippen LogP contribution >= 0.6 is 0 Å². The molecule has 0 fully saturated rings. The maximum absolute atomic E-state index is 5.44. The van der Waals surface area contributed by atoms with E-state index in [0.717, 1.165) is 44.5 Å². The lowest BCUT2D eigenvalue weighted by atomic mass is 9.67. The molecule has 0 saturated carbocycles. The number of para-hydroxylation sites is 3. The normalized spacial score (nSPS) is 12.8. The second-order valence-electron chi connectivity index (χ2n) is 15.7. The SMILES string of the molecule is c1ccc(-c2nc(-c3cccc4c3-c3cc(-c5ccc6c(c5)c5ccccc5n6-c5ccccc5)ccc3C4(c3ccccc3)c3ccccc3)nc3ccccc23)cc1. The first kappa shape index (κ1) is 34.2. The maximum Gasteiger partial charge on any atom is 0.161 e. The Labute approximate surface area is 348 Å². The molecule has 0 amide bonds. The van der Waals surface area contributed by atoms with Crippen LogP contribution in [-0.4, -0.2) is 14.5 Å². The first-order valence-corrected chi connectivity index (χ1v) is 20.6. The number of aromatic nitrogens is 3. The Hall–Kier alpha value is -7.88. The second kappa shape index (κ2) is 13.6. The van der Waals surface area contributed by atoms with Gasteiger partial charge in [0, 0.05) is 33.0 Å². The Morgan fingerprint density at radius 3 is 1.72 bits per heavy atom. The number of rotatable bonds is 6. The minimum absolute atomic E-state index is 0.576. The van der Waals surface area contributed by atoms with Crippen molar-refractivity contribution in [3.05, 3.63) is 247 Å². The standard InChI is InChI=1S/C57H37N3/c1-5-18-38(19-6-1)55-45-27-13-15-30-51(45)58-56(59-55)46-28-17-29-50-54(46)48-37-39(32-34-49(48)57(50,41-20-7-2-8-21-41)42-22-9-3-10-23-42)40-33-35-53-47(36-40)44-26-14-16-31-52(44)60(53)43-24-11-4-12-25-43/h1-37H. The molecule has 11 aromatic rings. The van der Waals surface area contributed by atoms with Crippen molar-refractivity contribution in [1.82, 2.24) is 14.5 Å². The number of fused-ring (bicyclic) bond motifs is 7. The van der Waals surface area contributed by atoms with Crippen molar-refractivity contribution in [2.24, 2.45) is 0 Å². The number of benzene rings is 9. The van der Waals surface area contributed by atoms with E-state index in [4.69, 9.17) is 9.97 Å². The van der Waals surface area contributed by atoms with E-state index in [1.165, 1.54) is 55.2 Å². The first-order chi connectivity index (χ1) is 29.8. The lowest BCUT2D eigenvalue weighted by Crippen LogP contribution is -2.28. The van der Waals surface area contributed by atoms with Gasteiger partial charge in [-0.2, -0.15) is 0 Å². The summed E-state index contributed by atoms with van der Waals surface area (Å²) in [6, 6.07) is 81.0. The van der Waals surface area contributed by atoms with Crippen LogP contribution in [0.3, 0.4) is 0 Å². The first-order valence-electron chi connectivity index (χ1n) is 20.6. The van der Waals surface area contributed by atoms with Gasteiger partial charge in [-0.05, 0) is 87.0 Å². The Morgan fingerprint density at radius 2 is 0.967 bits per heavy atom. The third kappa shape index (κ3) is 5.09. The van der Waals surface area contributed by atoms with Crippen molar-refractivity contribution in [2.75, 3.05) is 0 Å². The molecule has 2 aromatic heterocycles. The molecular weight excluding hydrogens is 727 g/mol. The Kier molecular flexibility index (Phi) is 7.76. The molecule has 0 aliphatic heterocycles. The van der Waals surface area contributed by atoms with Crippen molar-refractivity contribution in [1.29, 1.82) is 0 Å². The van der Waals surface area contributed by atoms with Gasteiger partial charge in [-0.25, -0.2) is 9.97 Å². The third-order valence-corrected chi connectivity index (χ3v) is 12.5. The molecule has 1 aliphatic rings. The van der Waals surface area contributed by atoms with Crippen LogP contribution in [0.15, 0.2) is 224 Å². The van der Waals surface area contributed by atoms with Gasteiger partial charge in [0.25, 0.3) is 0 Å². The van der Waals surface area contributed by atoms with Gasteiger partial charge in [0.05, 0.1) is 27.7 Å². The molecule has 60 heavy (non-hydrogen) atoms. The highest BCUT2D eigenvalue weighted by Crippen LogP contribution is 2.58. The van der Waals surface area contributed by atoms with Gasteiger partial charge in [-0.3, -0.25) is 0 Å². The third-order valence-electron chi connectivity index (χ3n) is 12.5. The van der Waals surface area contributed by atoms with Gasteiger partial charge < -0.3 is 4.57 Å². The van der Waals surface area contributed by atoms with E-state index < -0.39 is 5.41 Å². The summed E-state index contributed by atoms with van der Waals surface area (Å²) in [4.78, 5) is 10.8. The molecule has 0 radical (unpaired) electrons. The largest absolute Gasteiger partial charge is 0.309 e. The topological polar surface area (TPSA) is 30.7 Å². The molecule has 3 heteroatoms. The molecule has 1 aliphatic carbocycles. The monoisotopic (exact) mass is 763 g/mol. The fraction of sp³-hybridized carbons (Fsp3) is 0.0175. The van der Waals surface area contributed by atoms with Crippen molar-refractivity contribution in [3.8, 4) is 50.6 Å². The molecule has 280 valence electrons. The van der Waals surface area contributed by atoms with Crippen molar-refractivity contribution in [3.63, 3.8) is 0 Å². The van der Waals surface area contributed by atoms with Crippen LogP contribution in [0.1, 0.15) is 22.3 Å². The molecule has 12 rings (SSSR count). The lowest BCUT2D eigenvalue weighted by Gasteiger charge is -2.34. The van der Waals surface area contributed by atoms with Crippen LogP contribution in [0.2, 0.25) is 0 Å². The van der Waals surface area contributed by atoms with E-state index >= 15 is 0 Å². The van der Waals surface area contributed by atoms with E-state index in [9.17, 15) is 0 Å². The molecule has 3 nitrogen and oxygen atoms in total. The smallest absolute Gasteiger partial charge is 0.161 e. The zero-order valence-electron chi connectivity index (χ0n) is 32.7. The molecule has 0 N–H and O–H groups in total. The van der Waals surface area contributed by atoms with Gasteiger partial charge in [0.2, 0.25) is 0 Å². The zero-order chi connectivity index (χ0) is 39.6. The summed E-state index contributed by atoms with van der Waals surface area (Å²) >= 11 is 0. The fourth-order valence-corrected chi connectivity index (χ4v) is 9.93. The van der Waals surface area contributed by atoms with Crippen LogP contribution < -0.4 is 0 Å². The molecule has 2 heterocycles. The van der Waals surface area contributed by atoms with Crippen molar-refractivity contribution < 1.29 is 0 Å². The molecule has 0 spiro atoms. The summed E-state index contributed by atoms with van der Waals surface area (Å²) in [5, 5.41) is 3.51. The summed E-state index contributed by atoms with van der Waals surface area (Å²) in [6.07, 6.45) is 0. The highest BCUT2D eigenvalue weighted by molar-refractivity contribution is 6.10. The predicted octanol–water partition coefficient (Wildman–Crippen LogP) is 14.1. The van der Waals surface area contributed by atoms with Crippen molar-refractivity contribution >= 4 is 32.7 Å². The van der Waals surface area contributed by atoms with E-state index in [1.54, 1.807) is 0 Å². The lowest BCUT2D eigenvalue weighted by molar-refractivity contribution is 0.768. The minimum Gasteiger partial charge on any atom is -0.309 e. The van der Waals surface area contributed by atoms with E-state index in [-0.39, 0.29) is 0 Å². The Bertz CT molecular complexity index is 3370. The van der Waals surface area contributed by atoms with Gasteiger partial charge in [0.1, 0.15) is 0 Å². The highest BCUT2D eigenvalue weighted by atomic mass is 15.0. The quantitative estimate of drug-likeness (QED) is 0.169. The minimum atomic E-state index is -0.576. The zero-order valence-corrected chi connectivity index (χ0v) is 32.7. The van der Waals surface area contributed by atoms with E-state index in [0.29, 0.717) is 5.82 Å². The summed E-state index contributed by atoms with van der Waals surface area (Å²) in [6.45, 7) is 0. The molecule has 0 unspecified atom stereocenters. The van der Waals surface area contributed by atoms with Crippen LogP contribution in [0.25, 0.3) is 83.3 Å². The summed E-state index contributed by atoms with van der Waals surface area (Å²) < 4.78 is 2.38. The van der Waals surface area contributed by atoms with Crippen LogP contribution in [0, 0.1) is 0 Å². The van der Waals surface area contributed by atoms with Gasteiger partial charge in [-0.15, -0.1) is 0 Å². The fourth-order valence-electron chi connectivity index (χ4n) is 9.93. The maximum atomic E-state index is 5.44. The molecule has 0 atom stereocenters. The Balaban J connectivity index is 1.14. The van der Waals surface area contributed by atoms with Gasteiger partial charge >= 0.3 is 0 Å². The van der Waals surface area contributed by atoms with E-state index in [2.05, 4.69) is 229 Å². The molecular formula is C57H37N3. The summed E-state index contributed by atoms with van der Waals surface area (Å²) in [5.74, 6) is 0.716. The molecule has 0 saturated heterocycles.